The van der Waals surface area contributed by atoms with Crippen molar-refractivity contribution >= 4 is 67.7 Å². The van der Waals surface area contributed by atoms with Gasteiger partial charge in [0.15, 0.2) is 16.1 Å². The van der Waals surface area contributed by atoms with Crippen molar-refractivity contribution in [2.45, 2.75) is 11.8 Å². The lowest BCUT2D eigenvalue weighted by molar-refractivity contribution is 0.601. The Morgan fingerprint density at radius 2 is 1.59 bits per heavy atom. The maximum atomic E-state index is 12.4. The minimum Gasteiger partial charge on any atom is -0.332 e. The first-order valence-electron chi connectivity index (χ1n) is 8.19. The largest absolute Gasteiger partial charge is 0.332 e. The molecule has 7 nitrogen and oxygen atoms in total. The predicted octanol–water partition coefficient (Wildman–Crippen LogP) is 4.70. The number of aryl methyl sites for hydroxylation is 1. The monoisotopic (exact) mass is 467 g/mol. The normalized spacial score (nSPS) is 11.0. The van der Waals surface area contributed by atoms with Gasteiger partial charge in [-0.15, -0.1) is 10.2 Å². The zero-order chi connectivity index (χ0) is 21.0. The topological polar surface area (TPSA) is 96.0 Å². The highest BCUT2D eigenvalue weighted by Crippen LogP contribution is 2.21. The van der Waals surface area contributed by atoms with Crippen LogP contribution in [0.1, 0.15) is 5.56 Å². The van der Waals surface area contributed by atoms with Crippen molar-refractivity contribution in [2.24, 2.45) is 0 Å². The van der Waals surface area contributed by atoms with Crippen molar-refractivity contribution in [3.8, 4) is 0 Å². The average molecular weight is 468 g/mol. The van der Waals surface area contributed by atoms with Crippen LogP contribution in [-0.2, 0) is 10.0 Å². The van der Waals surface area contributed by atoms with Crippen LogP contribution in [0.15, 0.2) is 59.5 Å². The molecule has 3 N–H and O–H groups in total. The number of hydrogen-bond donors (Lipinski definition) is 3. The molecule has 1 heterocycles. The molecule has 0 saturated carbocycles. The average Bonchev–Trinajstić information content (AvgIpc) is 2.67. The molecule has 0 aliphatic rings. The number of sulfonamides is 1. The number of nitrogens with zero attached hydrogens (tertiary/aromatic N) is 2. The molecule has 0 aliphatic heterocycles. The number of hydrogen-bond acceptors (Lipinski definition) is 5. The second-order valence-corrected chi connectivity index (χ2v) is 8.80. The van der Waals surface area contributed by atoms with Crippen molar-refractivity contribution in [1.29, 1.82) is 0 Å². The molecule has 0 unspecified atom stereocenters. The first-order chi connectivity index (χ1) is 13.7. The maximum Gasteiger partial charge on any atom is 0.263 e. The summed E-state index contributed by atoms with van der Waals surface area (Å²) < 4.78 is 27.2. The molecular weight excluding hydrogens is 453 g/mol. The lowest BCUT2D eigenvalue weighted by Crippen LogP contribution is -2.19. The van der Waals surface area contributed by atoms with Gasteiger partial charge in [0.2, 0.25) is 0 Å². The third-order valence-electron chi connectivity index (χ3n) is 3.72. The second-order valence-electron chi connectivity index (χ2n) is 5.91. The fourth-order valence-corrected chi connectivity index (χ4v) is 3.76. The van der Waals surface area contributed by atoms with Gasteiger partial charge in [-0.05, 0) is 73.2 Å². The minimum atomic E-state index is -3.82. The van der Waals surface area contributed by atoms with Crippen LogP contribution in [0.2, 0.25) is 10.2 Å². The van der Waals surface area contributed by atoms with Crippen molar-refractivity contribution in [3.05, 3.63) is 70.3 Å². The molecular formula is C18H15Cl2N5O2S2. The summed E-state index contributed by atoms with van der Waals surface area (Å²) in [6.07, 6.45) is 0. The molecule has 2 aromatic carbocycles. The molecule has 29 heavy (non-hydrogen) atoms. The van der Waals surface area contributed by atoms with Crippen LogP contribution < -0.4 is 15.4 Å². The number of halogens is 2. The zero-order valence-corrected chi connectivity index (χ0v) is 18.1. The van der Waals surface area contributed by atoms with Crippen LogP contribution in [0, 0.1) is 6.92 Å². The SMILES string of the molecule is Cc1ccc(NC(=S)Nc2ccc(S(=O)(=O)Nc3ccc(Cl)nn3)cc2)cc1Cl. The Labute approximate surface area is 183 Å². The van der Waals surface area contributed by atoms with E-state index in [2.05, 4.69) is 25.6 Å². The van der Waals surface area contributed by atoms with Gasteiger partial charge in [0.05, 0.1) is 4.90 Å². The van der Waals surface area contributed by atoms with E-state index in [0.717, 1.165) is 11.3 Å². The number of nitrogens with one attached hydrogen (secondary N) is 3. The van der Waals surface area contributed by atoms with Crippen molar-refractivity contribution in [2.75, 3.05) is 15.4 Å². The number of thiocarbonyl (C=S) groups is 1. The molecule has 0 aliphatic carbocycles. The van der Waals surface area contributed by atoms with Crippen LogP contribution in [-0.4, -0.2) is 23.7 Å². The van der Waals surface area contributed by atoms with E-state index in [9.17, 15) is 8.42 Å². The molecule has 150 valence electrons. The predicted molar refractivity (Wildman–Crippen MR) is 120 cm³/mol. The van der Waals surface area contributed by atoms with E-state index < -0.39 is 10.0 Å². The highest BCUT2D eigenvalue weighted by Gasteiger charge is 2.15. The molecule has 0 saturated heterocycles. The summed E-state index contributed by atoms with van der Waals surface area (Å²) in [5.41, 5.74) is 2.32. The maximum absolute atomic E-state index is 12.4. The molecule has 1 aromatic heterocycles. The van der Waals surface area contributed by atoms with Gasteiger partial charge in [-0.25, -0.2) is 8.42 Å². The van der Waals surface area contributed by atoms with Gasteiger partial charge in [-0.3, -0.25) is 4.72 Å². The Hall–Kier alpha value is -2.46. The van der Waals surface area contributed by atoms with Gasteiger partial charge in [0.25, 0.3) is 10.0 Å². The number of rotatable bonds is 5. The molecule has 3 rings (SSSR count). The van der Waals surface area contributed by atoms with Crippen LogP contribution in [0.25, 0.3) is 0 Å². The first-order valence-corrected chi connectivity index (χ1v) is 10.8. The van der Waals surface area contributed by atoms with E-state index in [0.29, 0.717) is 15.8 Å². The van der Waals surface area contributed by atoms with E-state index in [1.54, 1.807) is 18.2 Å². The number of anilines is 3. The summed E-state index contributed by atoms with van der Waals surface area (Å²) in [6.45, 7) is 1.91. The molecule has 0 spiro atoms. The van der Waals surface area contributed by atoms with E-state index in [1.807, 2.05) is 19.1 Å². The molecule has 3 aromatic rings. The summed E-state index contributed by atoms with van der Waals surface area (Å²) in [5.74, 6) is 0.0683. The van der Waals surface area contributed by atoms with Crippen molar-refractivity contribution in [1.82, 2.24) is 10.2 Å². The fraction of sp³-hybridized carbons (Fsp3) is 0.0556. The summed E-state index contributed by atoms with van der Waals surface area (Å²) in [6, 6.07) is 14.4. The van der Waals surface area contributed by atoms with E-state index in [1.165, 1.54) is 24.3 Å². The standard InChI is InChI=1S/C18H15Cl2N5O2S2/c1-11-2-3-13(10-15(11)19)22-18(28)21-12-4-6-14(7-5-12)29(26,27)25-17-9-8-16(20)23-24-17/h2-10H,1H3,(H,24,25)(H2,21,22,28). The van der Waals surface area contributed by atoms with Gasteiger partial charge in [-0.1, -0.05) is 29.3 Å². The Morgan fingerprint density at radius 3 is 2.21 bits per heavy atom. The molecule has 0 radical (unpaired) electrons. The van der Waals surface area contributed by atoms with Gasteiger partial charge < -0.3 is 10.6 Å². The van der Waals surface area contributed by atoms with Gasteiger partial charge in [0.1, 0.15) is 0 Å². The lowest BCUT2D eigenvalue weighted by Gasteiger charge is -2.12. The molecule has 11 heteroatoms. The zero-order valence-electron chi connectivity index (χ0n) is 15.0. The van der Waals surface area contributed by atoms with Crippen LogP contribution >= 0.6 is 35.4 Å². The van der Waals surface area contributed by atoms with Crippen LogP contribution in [0.5, 0.6) is 0 Å². The molecule has 0 amide bonds. The Bertz CT molecular complexity index is 1140. The molecule has 0 bridgehead atoms. The lowest BCUT2D eigenvalue weighted by atomic mass is 10.2. The second kappa shape index (κ2) is 8.91. The first kappa shape index (κ1) is 21.3. The van der Waals surface area contributed by atoms with Crippen molar-refractivity contribution < 1.29 is 8.42 Å². The number of benzene rings is 2. The van der Waals surface area contributed by atoms with Gasteiger partial charge in [0, 0.05) is 16.4 Å². The fourth-order valence-electron chi connectivity index (χ4n) is 2.25. The third-order valence-corrected chi connectivity index (χ3v) is 5.91. The van der Waals surface area contributed by atoms with Gasteiger partial charge >= 0.3 is 0 Å². The number of aromatic nitrogens is 2. The third kappa shape index (κ3) is 5.77. The van der Waals surface area contributed by atoms with E-state index in [4.69, 9.17) is 35.4 Å². The Balaban J connectivity index is 1.65. The Morgan fingerprint density at radius 1 is 0.931 bits per heavy atom. The summed E-state index contributed by atoms with van der Waals surface area (Å²) in [4.78, 5) is 0.0593. The Kier molecular flexibility index (Phi) is 6.53. The minimum absolute atomic E-state index is 0.0593. The van der Waals surface area contributed by atoms with Crippen molar-refractivity contribution in [3.63, 3.8) is 0 Å². The van der Waals surface area contributed by atoms with E-state index >= 15 is 0 Å². The van der Waals surface area contributed by atoms with Crippen LogP contribution in [0.3, 0.4) is 0 Å². The summed E-state index contributed by atoms with van der Waals surface area (Å²) in [5, 5.41) is 14.4. The van der Waals surface area contributed by atoms with E-state index in [-0.39, 0.29) is 15.9 Å². The summed E-state index contributed by atoms with van der Waals surface area (Å²) >= 11 is 17.0. The highest BCUT2D eigenvalue weighted by atomic mass is 35.5. The quantitative estimate of drug-likeness (QED) is 0.467. The summed E-state index contributed by atoms with van der Waals surface area (Å²) in [7, 11) is -3.82. The van der Waals surface area contributed by atoms with Crippen LogP contribution in [0.4, 0.5) is 17.2 Å². The molecule has 0 atom stereocenters. The highest BCUT2D eigenvalue weighted by molar-refractivity contribution is 7.92. The smallest absolute Gasteiger partial charge is 0.263 e. The van der Waals surface area contributed by atoms with Gasteiger partial charge in [-0.2, -0.15) is 0 Å². The molecule has 0 fully saturated rings.